The van der Waals surface area contributed by atoms with Crippen LogP contribution in [0.15, 0.2) is 36.9 Å². The first-order valence-corrected chi connectivity index (χ1v) is 18.1. The van der Waals surface area contributed by atoms with Gasteiger partial charge in [0.2, 0.25) is 0 Å². The average molecular weight is 569 g/mol. The number of unbranched alkanes of at least 4 members (excludes halogenated alkanes) is 21. The molecule has 0 amide bonds. The van der Waals surface area contributed by atoms with Crippen LogP contribution in [-0.4, -0.2) is 44.2 Å². The topological polar surface area (TPSA) is 15.7 Å². The molecule has 0 radical (unpaired) electrons. The molecule has 3 heteroatoms. The second kappa shape index (κ2) is 26.2. The van der Waals surface area contributed by atoms with E-state index in [1.165, 1.54) is 167 Å². The van der Waals surface area contributed by atoms with Crippen molar-refractivity contribution in [2.75, 3.05) is 44.2 Å². The Bertz CT molecular complexity index is 695. The van der Waals surface area contributed by atoms with Crippen molar-refractivity contribution in [3.63, 3.8) is 0 Å². The second-order valence-electron chi connectivity index (χ2n) is 12.7. The molecule has 236 valence electrons. The Balaban J connectivity index is 1.38. The Hall–Kier alpha value is -1.48. The van der Waals surface area contributed by atoms with E-state index in [1.54, 1.807) is 0 Å². The van der Waals surface area contributed by atoms with Crippen LogP contribution in [0.4, 0.5) is 5.69 Å². The number of hydrogen-bond acceptors (Lipinski definition) is 3. The molecule has 0 spiro atoms. The minimum atomic E-state index is 0.841. The monoisotopic (exact) mass is 569 g/mol. The molecule has 1 aliphatic heterocycles. The van der Waals surface area contributed by atoms with Gasteiger partial charge in [0.15, 0.2) is 0 Å². The SMILES string of the molecule is C=CCCCCCCCCCOc1ccc(N2CCN(CCCCCCCCCCCCCCCCC)CC2)cc1. The summed E-state index contributed by atoms with van der Waals surface area (Å²) in [5.74, 6) is 1.02. The maximum atomic E-state index is 6.01. The minimum Gasteiger partial charge on any atom is -0.494 e. The first-order valence-electron chi connectivity index (χ1n) is 18.1. The van der Waals surface area contributed by atoms with Crippen molar-refractivity contribution in [1.82, 2.24) is 4.90 Å². The molecule has 1 heterocycles. The van der Waals surface area contributed by atoms with Crippen LogP contribution in [0.3, 0.4) is 0 Å². The van der Waals surface area contributed by atoms with Crippen molar-refractivity contribution in [2.24, 2.45) is 0 Å². The van der Waals surface area contributed by atoms with E-state index < -0.39 is 0 Å². The second-order valence-corrected chi connectivity index (χ2v) is 12.7. The highest BCUT2D eigenvalue weighted by Gasteiger charge is 2.16. The third-order valence-corrected chi connectivity index (χ3v) is 8.97. The van der Waals surface area contributed by atoms with Gasteiger partial charge >= 0.3 is 0 Å². The number of ether oxygens (including phenoxy) is 1. The molecular weight excluding hydrogens is 500 g/mol. The van der Waals surface area contributed by atoms with Crippen molar-refractivity contribution >= 4 is 5.69 Å². The molecule has 0 aliphatic carbocycles. The van der Waals surface area contributed by atoms with Crippen molar-refractivity contribution in [1.29, 1.82) is 0 Å². The van der Waals surface area contributed by atoms with Gasteiger partial charge in [-0.25, -0.2) is 0 Å². The molecule has 0 N–H and O–H groups in total. The summed E-state index contributed by atoms with van der Waals surface area (Å²) in [5.41, 5.74) is 1.35. The maximum Gasteiger partial charge on any atom is 0.119 e. The molecule has 0 atom stereocenters. The zero-order valence-corrected chi connectivity index (χ0v) is 27.4. The van der Waals surface area contributed by atoms with E-state index in [9.17, 15) is 0 Å². The van der Waals surface area contributed by atoms with E-state index in [2.05, 4.69) is 47.6 Å². The molecule has 0 saturated carbocycles. The van der Waals surface area contributed by atoms with Crippen molar-refractivity contribution < 1.29 is 4.74 Å². The molecule has 0 bridgehead atoms. The van der Waals surface area contributed by atoms with Crippen LogP contribution in [0.1, 0.15) is 155 Å². The highest BCUT2D eigenvalue weighted by Crippen LogP contribution is 2.22. The van der Waals surface area contributed by atoms with E-state index in [0.29, 0.717) is 0 Å². The van der Waals surface area contributed by atoms with Gasteiger partial charge in [-0.2, -0.15) is 0 Å². The molecular formula is C38H68N2O. The highest BCUT2D eigenvalue weighted by molar-refractivity contribution is 5.49. The van der Waals surface area contributed by atoms with Gasteiger partial charge in [0.05, 0.1) is 6.61 Å². The summed E-state index contributed by atoms with van der Waals surface area (Å²) in [4.78, 5) is 5.22. The van der Waals surface area contributed by atoms with Gasteiger partial charge in [-0.1, -0.05) is 135 Å². The molecule has 1 fully saturated rings. The molecule has 2 rings (SSSR count). The van der Waals surface area contributed by atoms with E-state index in [-0.39, 0.29) is 0 Å². The van der Waals surface area contributed by atoms with Gasteiger partial charge in [-0.05, 0) is 56.5 Å². The number of hydrogen-bond donors (Lipinski definition) is 0. The zero-order chi connectivity index (χ0) is 29.1. The summed E-state index contributed by atoms with van der Waals surface area (Å²) >= 11 is 0. The number of benzene rings is 1. The van der Waals surface area contributed by atoms with E-state index in [1.807, 2.05) is 6.08 Å². The smallest absolute Gasteiger partial charge is 0.119 e. The van der Waals surface area contributed by atoms with Gasteiger partial charge in [0.25, 0.3) is 0 Å². The molecule has 1 saturated heterocycles. The van der Waals surface area contributed by atoms with Crippen LogP contribution in [0.5, 0.6) is 5.75 Å². The van der Waals surface area contributed by atoms with E-state index >= 15 is 0 Å². The molecule has 1 aromatic rings. The molecule has 1 aliphatic rings. The number of allylic oxidation sites excluding steroid dienone is 1. The van der Waals surface area contributed by atoms with Crippen LogP contribution in [-0.2, 0) is 0 Å². The van der Waals surface area contributed by atoms with Crippen molar-refractivity contribution in [3.05, 3.63) is 36.9 Å². The highest BCUT2D eigenvalue weighted by atomic mass is 16.5. The first kappa shape index (κ1) is 35.7. The van der Waals surface area contributed by atoms with Gasteiger partial charge in [0.1, 0.15) is 5.75 Å². The first-order chi connectivity index (χ1) is 20.3. The summed E-state index contributed by atoms with van der Waals surface area (Å²) in [6.45, 7) is 12.9. The molecule has 0 unspecified atom stereocenters. The lowest BCUT2D eigenvalue weighted by atomic mass is 10.0. The Labute approximate surface area is 256 Å². The number of rotatable bonds is 28. The summed E-state index contributed by atoms with van der Waals surface area (Å²) in [7, 11) is 0. The van der Waals surface area contributed by atoms with Crippen LogP contribution in [0, 0.1) is 0 Å². The molecule has 0 aromatic heterocycles. The Morgan fingerprint density at radius 2 is 1.05 bits per heavy atom. The van der Waals surface area contributed by atoms with Gasteiger partial charge in [-0.15, -0.1) is 6.58 Å². The summed E-state index contributed by atoms with van der Waals surface area (Å²) < 4.78 is 6.01. The zero-order valence-electron chi connectivity index (χ0n) is 27.4. The lowest BCUT2D eigenvalue weighted by molar-refractivity contribution is 0.252. The largest absolute Gasteiger partial charge is 0.494 e. The van der Waals surface area contributed by atoms with Crippen molar-refractivity contribution in [2.45, 2.75) is 155 Å². The Morgan fingerprint density at radius 1 is 0.585 bits per heavy atom. The quantitative estimate of drug-likeness (QED) is 0.0738. The maximum absolute atomic E-state index is 6.01. The standard InChI is InChI=1S/C38H68N2O/c1-3-5-7-9-11-13-14-15-16-17-18-19-21-23-25-31-39-32-34-40(35-33-39)37-27-29-38(30-28-37)41-36-26-24-22-20-12-10-8-6-4-2/h4,27-30H,2-3,5-26,31-36H2,1H3. The predicted octanol–water partition coefficient (Wildman–Crippen LogP) is 11.4. The van der Waals surface area contributed by atoms with Gasteiger partial charge < -0.3 is 9.64 Å². The average Bonchev–Trinajstić information content (AvgIpc) is 3.00. The van der Waals surface area contributed by atoms with Gasteiger partial charge in [0, 0.05) is 31.9 Å². The minimum absolute atomic E-state index is 0.841. The normalized spacial score (nSPS) is 14.0. The third-order valence-electron chi connectivity index (χ3n) is 8.97. The summed E-state index contributed by atoms with van der Waals surface area (Å²) in [6.07, 6.45) is 34.0. The summed E-state index contributed by atoms with van der Waals surface area (Å²) in [6, 6.07) is 8.83. The fraction of sp³-hybridized carbons (Fsp3) is 0.789. The van der Waals surface area contributed by atoms with Crippen molar-refractivity contribution in [3.8, 4) is 5.75 Å². The van der Waals surface area contributed by atoms with Crippen LogP contribution in [0.25, 0.3) is 0 Å². The van der Waals surface area contributed by atoms with Crippen LogP contribution >= 0.6 is 0 Å². The Kier molecular flexibility index (Phi) is 22.8. The number of anilines is 1. The number of nitrogens with zero attached hydrogens (tertiary/aromatic N) is 2. The predicted molar refractivity (Wildman–Crippen MR) is 183 cm³/mol. The fourth-order valence-electron chi connectivity index (χ4n) is 6.15. The molecule has 1 aromatic carbocycles. The summed E-state index contributed by atoms with van der Waals surface area (Å²) in [5, 5.41) is 0. The fourth-order valence-corrected chi connectivity index (χ4v) is 6.15. The van der Waals surface area contributed by atoms with Crippen LogP contribution in [0.2, 0.25) is 0 Å². The third kappa shape index (κ3) is 19.4. The molecule has 3 nitrogen and oxygen atoms in total. The van der Waals surface area contributed by atoms with E-state index in [4.69, 9.17) is 4.74 Å². The number of piperazine rings is 1. The van der Waals surface area contributed by atoms with E-state index in [0.717, 1.165) is 31.9 Å². The lowest BCUT2D eigenvalue weighted by Crippen LogP contribution is -2.46. The lowest BCUT2D eigenvalue weighted by Gasteiger charge is -2.36. The molecule has 41 heavy (non-hydrogen) atoms. The van der Waals surface area contributed by atoms with Crippen LogP contribution < -0.4 is 9.64 Å². The van der Waals surface area contributed by atoms with Gasteiger partial charge in [-0.3, -0.25) is 4.90 Å². The Morgan fingerprint density at radius 3 is 1.56 bits per heavy atom.